The lowest BCUT2D eigenvalue weighted by Gasteiger charge is -2.22. The molecule has 6 heteroatoms. The van der Waals surface area contributed by atoms with Gasteiger partial charge in [0.15, 0.2) is 5.69 Å². The minimum atomic E-state index is -4.39. The standard InChI is InChI=1S/C14H18F3N3/c1-8-2-3-9(6-8)13-19-11-7-18-5-4-10(11)12(20-13)14(15,16)17/h8-9,18H,2-7H2,1H3. The van der Waals surface area contributed by atoms with Crippen LogP contribution in [0, 0.1) is 5.92 Å². The van der Waals surface area contributed by atoms with Gasteiger partial charge in [-0.25, -0.2) is 9.97 Å². The van der Waals surface area contributed by atoms with Gasteiger partial charge in [0.25, 0.3) is 0 Å². The Balaban J connectivity index is 2.04. The zero-order valence-corrected chi connectivity index (χ0v) is 11.4. The molecule has 1 aromatic heterocycles. The molecule has 1 aliphatic carbocycles. The summed E-state index contributed by atoms with van der Waals surface area (Å²) in [5.74, 6) is 1.02. The highest BCUT2D eigenvalue weighted by molar-refractivity contribution is 5.31. The first-order chi connectivity index (χ1) is 9.45. The first-order valence-electron chi connectivity index (χ1n) is 7.12. The van der Waals surface area contributed by atoms with E-state index in [0.29, 0.717) is 36.9 Å². The zero-order chi connectivity index (χ0) is 14.3. The number of alkyl halides is 3. The predicted molar refractivity (Wildman–Crippen MR) is 68.2 cm³/mol. The van der Waals surface area contributed by atoms with Crippen molar-refractivity contribution in [3.05, 3.63) is 22.8 Å². The summed E-state index contributed by atoms with van der Waals surface area (Å²) in [6, 6.07) is 0. The SMILES string of the molecule is CC1CCC(c2nc3c(c(C(F)(F)F)n2)CCNC3)C1. The van der Waals surface area contributed by atoms with Gasteiger partial charge in [0, 0.05) is 18.0 Å². The molecule has 0 spiro atoms. The number of nitrogens with one attached hydrogen (secondary N) is 1. The van der Waals surface area contributed by atoms with Gasteiger partial charge < -0.3 is 5.32 Å². The van der Waals surface area contributed by atoms with Gasteiger partial charge in [0.05, 0.1) is 5.69 Å². The van der Waals surface area contributed by atoms with E-state index in [1.807, 2.05) is 0 Å². The Bertz CT molecular complexity index is 513. The summed E-state index contributed by atoms with van der Waals surface area (Å²) in [5, 5.41) is 3.09. The molecular weight excluding hydrogens is 267 g/mol. The van der Waals surface area contributed by atoms with Gasteiger partial charge in [-0.3, -0.25) is 0 Å². The minimum Gasteiger partial charge on any atom is -0.311 e. The van der Waals surface area contributed by atoms with Crippen LogP contribution >= 0.6 is 0 Å². The van der Waals surface area contributed by atoms with Gasteiger partial charge >= 0.3 is 6.18 Å². The van der Waals surface area contributed by atoms with Crippen LogP contribution in [0.25, 0.3) is 0 Å². The van der Waals surface area contributed by atoms with Crippen LogP contribution in [0.5, 0.6) is 0 Å². The molecule has 1 aromatic rings. The maximum atomic E-state index is 13.2. The number of aromatic nitrogens is 2. The summed E-state index contributed by atoms with van der Waals surface area (Å²) in [6.07, 6.45) is -1.20. The van der Waals surface area contributed by atoms with E-state index in [1.54, 1.807) is 0 Å². The molecule has 1 saturated carbocycles. The van der Waals surface area contributed by atoms with Crippen molar-refractivity contribution in [3.8, 4) is 0 Å². The second kappa shape index (κ2) is 4.98. The largest absolute Gasteiger partial charge is 0.433 e. The Morgan fingerprint density at radius 3 is 2.65 bits per heavy atom. The molecule has 110 valence electrons. The van der Waals surface area contributed by atoms with Crippen molar-refractivity contribution >= 4 is 0 Å². The third-order valence-corrected chi connectivity index (χ3v) is 4.28. The van der Waals surface area contributed by atoms with Crippen molar-refractivity contribution in [2.24, 2.45) is 5.92 Å². The highest BCUT2D eigenvalue weighted by Gasteiger charge is 2.39. The lowest BCUT2D eigenvalue weighted by molar-refractivity contribution is -0.142. The van der Waals surface area contributed by atoms with Crippen molar-refractivity contribution in [2.75, 3.05) is 6.54 Å². The maximum Gasteiger partial charge on any atom is 0.433 e. The van der Waals surface area contributed by atoms with E-state index in [9.17, 15) is 13.2 Å². The molecule has 0 radical (unpaired) electrons. The third-order valence-electron chi connectivity index (χ3n) is 4.28. The molecule has 2 unspecified atom stereocenters. The number of hydrogen-bond acceptors (Lipinski definition) is 3. The van der Waals surface area contributed by atoms with Gasteiger partial charge in [-0.15, -0.1) is 0 Å². The lowest BCUT2D eigenvalue weighted by atomic mass is 10.0. The van der Waals surface area contributed by atoms with Crippen LogP contribution in [-0.2, 0) is 19.1 Å². The van der Waals surface area contributed by atoms with Crippen LogP contribution < -0.4 is 5.32 Å². The fraction of sp³-hybridized carbons (Fsp3) is 0.714. The molecule has 1 N–H and O–H groups in total. The average Bonchev–Trinajstić information content (AvgIpc) is 2.83. The van der Waals surface area contributed by atoms with E-state index in [0.717, 1.165) is 19.3 Å². The molecule has 2 heterocycles. The maximum absolute atomic E-state index is 13.2. The van der Waals surface area contributed by atoms with E-state index in [2.05, 4.69) is 22.2 Å². The van der Waals surface area contributed by atoms with Crippen LogP contribution in [0.1, 0.15) is 54.9 Å². The van der Waals surface area contributed by atoms with Crippen LogP contribution in [0.4, 0.5) is 13.2 Å². The summed E-state index contributed by atoms with van der Waals surface area (Å²) in [6.45, 7) is 3.10. The van der Waals surface area contributed by atoms with E-state index in [1.165, 1.54) is 0 Å². The van der Waals surface area contributed by atoms with Gasteiger partial charge in [-0.1, -0.05) is 6.92 Å². The fourth-order valence-corrected chi connectivity index (χ4v) is 3.24. The summed E-state index contributed by atoms with van der Waals surface area (Å²) >= 11 is 0. The lowest BCUT2D eigenvalue weighted by Crippen LogP contribution is -2.29. The number of nitrogens with zero attached hydrogens (tertiary/aromatic N) is 2. The highest BCUT2D eigenvalue weighted by Crippen LogP contribution is 2.39. The molecule has 1 aliphatic heterocycles. The van der Waals surface area contributed by atoms with Crippen LogP contribution in [-0.4, -0.2) is 16.5 Å². The molecule has 0 amide bonds. The zero-order valence-electron chi connectivity index (χ0n) is 11.4. The van der Waals surface area contributed by atoms with Crippen molar-refractivity contribution in [3.63, 3.8) is 0 Å². The average molecular weight is 285 g/mol. The minimum absolute atomic E-state index is 0.0818. The third kappa shape index (κ3) is 2.53. The topological polar surface area (TPSA) is 37.8 Å². The second-order valence-electron chi connectivity index (χ2n) is 5.90. The molecular formula is C14H18F3N3. The molecule has 2 atom stereocenters. The van der Waals surface area contributed by atoms with E-state index >= 15 is 0 Å². The Morgan fingerprint density at radius 1 is 1.20 bits per heavy atom. The van der Waals surface area contributed by atoms with Crippen LogP contribution in [0.15, 0.2) is 0 Å². The first kappa shape index (κ1) is 13.8. The van der Waals surface area contributed by atoms with Crippen molar-refractivity contribution in [1.82, 2.24) is 15.3 Å². The molecule has 20 heavy (non-hydrogen) atoms. The van der Waals surface area contributed by atoms with Gasteiger partial charge in [0.1, 0.15) is 5.82 Å². The normalized spacial score (nSPS) is 26.6. The Hall–Kier alpha value is -1.17. The quantitative estimate of drug-likeness (QED) is 0.862. The molecule has 0 aromatic carbocycles. The van der Waals surface area contributed by atoms with Crippen LogP contribution in [0.3, 0.4) is 0 Å². The van der Waals surface area contributed by atoms with Crippen LogP contribution in [0.2, 0.25) is 0 Å². The molecule has 1 fully saturated rings. The van der Waals surface area contributed by atoms with Crippen molar-refractivity contribution in [2.45, 2.75) is 51.2 Å². The summed E-state index contributed by atoms with van der Waals surface area (Å²) in [4.78, 5) is 8.34. The first-order valence-corrected chi connectivity index (χ1v) is 7.12. The predicted octanol–water partition coefficient (Wildman–Crippen LogP) is 3.04. The van der Waals surface area contributed by atoms with Gasteiger partial charge in [0.2, 0.25) is 0 Å². The van der Waals surface area contributed by atoms with Gasteiger partial charge in [-0.05, 0) is 38.1 Å². The Kier molecular flexibility index (Phi) is 3.44. The van der Waals surface area contributed by atoms with E-state index < -0.39 is 11.9 Å². The molecule has 3 nitrogen and oxygen atoms in total. The second-order valence-corrected chi connectivity index (χ2v) is 5.90. The Labute approximate surface area is 116 Å². The number of rotatable bonds is 1. The van der Waals surface area contributed by atoms with Crippen molar-refractivity contribution < 1.29 is 13.2 Å². The van der Waals surface area contributed by atoms with Crippen molar-refractivity contribution in [1.29, 1.82) is 0 Å². The molecule has 0 saturated heterocycles. The summed E-state index contributed by atoms with van der Waals surface area (Å²) < 4.78 is 39.6. The molecule has 2 aliphatic rings. The smallest absolute Gasteiger partial charge is 0.311 e. The molecule has 0 bridgehead atoms. The monoisotopic (exact) mass is 285 g/mol. The summed E-state index contributed by atoms with van der Waals surface area (Å²) in [5.41, 5.74) is 0.109. The van der Waals surface area contributed by atoms with E-state index in [-0.39, 0.29) is 11.5 Å². The fourth-order valence-electron chi connectivity index (χ4n) is 3.24. The van der Waals surface area contributed by atoms with E-state index in [4.69, 9.17) is 0 Å². The summed E-state index contributed by atoms with van der Waals surface area (Å²) in [7, 11) is 0. The number of fused-ring (bicyclic) bond motifs is 1. The Morgan fingerprint density at radius 2 is 2.00 bits per heavy atom. The number of halogens is 3. The number of hydrogen-bond donors (Lipinski definition) is 1. The molecule has 3 rings (SSSR count). The highest BCUT2D eigenvalue weighted by atomic mass is 19.4. The van der Waals surface area contributed by atoms with Gasteiger partial charge in [-0.2, -0.15) is 13.2 Å².